The molecule has 1 aliphatic rings. The van der Waals surface area contributed by atoms with Gasteiger partial charge in [-0.1, -0.05) is 6.07 Å². The molecule has 0 unspecified atom stereocenters. The third-order valence-corrected chi connectivity index (χ3v) is 3.20. The minimum Gasteiger partial charge on any atom is -0.381 e. The molecule has 0 saturated carbocycles. The van der Waals surface area contributed by atoms with Crippen LogP contribution in [0.2, 0.25) is 0 Å². The van der Waals surface area contributed by atoms with Gasteiger partial charge in [0.1, 0.15) is 11.6 Å². The second-order valence-electron chi connectivity index (χ2n) is 4.68. The van der Waals surface area contributed by atoms with Gasteiger partial charge in [-0.2, -0.15) is 13.2 Å². The SMILES string of the molecule is O=C(N[C@H](c1c(F)cccc1F)C(F)(F)F)[C@H]1CCOC1. The molecule has 0 spiro atoms. The van der Waals surface area contributed by atoms with Crippen molar-refractivity contribution in [3.8, 4) is 0 Å². The van der Waals surface area contributed by atoms with Crippen molar-refractivity contribution in [2.75, 3.05) is 13.2 Å². The molecule has 1 N–H and O–H groups in total. The summed E-state index contributed by atoms with van der Waals surface area (Å²) in [5, 5.41) is 1.67. The summed E-state index contributed by atoms with van der Waals surface area (Å²) in [4.78, 5) is 11.8. The minimum absolute atomic E-state index is 0.00381. The Balaban J connectivity index is 2.29. The van der Waals surface area contributed by atoms with Crippen LogP contribution in [-0.2, 0) is 9.53 Å². The van der Waals surface area contributed by atoms with Gasteiger partial charge < -0.3 is 10.1 Å². The highest BCUT2D eigenvalue weighted by atomic mass is 19.4. The first-order valence-corrected chi connectivity index (χ1v) is 6.19. The van der Waals surface area contributed by atoms with Crippen molar-refractivity contribution in [3.63, 3.8) is 0 Å². The molecule has 8 heteroatoms. The van der Waals surface area contributed by atoms with E-state index < -0.39 is 41.2 Å². The molecular formula is C13H12F5NO2. The zero-order chi connectivity index (χ0) is 15.6. The number of benzene rings is 1. The van der Waals surface area contributed by atoms with Crippen LogP contribution in [0.1, 0.15) is 18.0 Å². The Labute approximate surface area is 117 Å². The molecule has 1 aromatic carbocycles. The quantitative estimate of drug-likeness (QED) is 0.872. The first-order valence-electron chi connectivity index (χ1n) is 6.19. The van der Waals surface area contributed by atoms with Gasteiger partial charge >= 0.3 is 6.18 Å². The second kappa shape index (κ2) is 5.97. The summed E-state index contributed by atoms with van der Waals surface area (Å²) >= 11 is 0. The third-order valence-electron chi connectivity index (χ3n) is 3.20. The highest BCUT2D eigenvalue weighted by Crippen LogP contribution is 2.35. The molecular weight excluding hydrogens is 297 g/mol. The van der Waals surface area contributed by atoms with Gasteiger partial charge in [0.05, 0.1) is 18.1 Å². The van der Waals surface area contributed by atoms with Gasteiger partial charge in [-0.05, 0) is 18.6 Å². The maximum absolute atomic E-state index is 13.5. The Bertz CT molecular complexity index is 506. The van der Waals surface area contributed by atoms with Crippen LogP contribution in [-0.4, -0.2) is 25.3 Å². The summed E-state index contributed by atoms with van der Waals surface area (Å²) in [6, 6.07) is -0.357. The van der Waals surface area contributed by atoms with Crippen LogP contribution in [0.3, 0.4) is 0 Å². The van der Waals surface area contributed by atoms with Gasteiger partial charge in [-0.3, -0.25) is 4.79 Å². The average Bonchev–Trinajstić information content (AvgIpc) is 2.89. The fraction of sp³-hybridized carbons (Fsp3) is 0.462. The molecule has 21 heavy (non-hydrogen) atoms. The predicted molar refractivity (Wildman–Crippen MR) is 62.2 cm³/mol. The average molecular weight is 309 g/mol. The van der Waals surface area contributed by atoms with Gasteiger partial charge in [0.15, 0.2) is 6.04 Å². The summed E-state index contributed by atoms with van der Waals surface area (Å²) < 4.78 is 71.1. The third kappa shape index (κ3) is 3.49. The van der Waals surface area contributed by atoms with Gasteiger partial charge in [0.25, 0.3) is 0 Å². The highest BCUT2D eigenvalue weighted by Gasteiger charge is 2.45. The molecule has 2 rings (SSSR count). The van der Waals surface area contributed by atoms with Gasteiger partial charge in [-0.15, -0.1) is 0 Å². The smallest absolute Gasteiger partial charge is 0.381 e. The zero-order valence-electron chi connectivity index (χ0n) is 10.7. The molecule has 0 aromatic heterocycles. The number of ether oxygens (including phenoxy) is 1. The van der Waals surface area contributed by atoms with E-state index in [1.54, 1.807) is 5.32 Å². The van der Waals surface area contributed by atoms with Crippen LogP contribution < -0.4 is 5.32 Å². The van der Waals surface area contributed by atoms with Crippen molar-refractivity contribution in [1.29, 1.82) is 0 Å². The Morgan fingerprint density at radius 1 is 1.29 bits per heavy atom. The number of carbonyl (C=O) groups is 1. The molecule has 0 bridgehead atoms. The van der Waals surface area contributed by atoms with Crippen molar-refractivity contribution in [2.24, 2.45) is 5.92 Å². The van der Waals surface area contributed by atoms with E-state index in [-0.39, 0.29) is 19.6 Å². The van der Waals surface area contributed by atoms with Crippen LogP contribution >= 0.6 is 0 Å². The highest BCUT2D eigenvalue weighted by molar-refractivity contribution is 5.79. The van der Waals surface area contributed by atoms with Gasteiger partial charge in [-0.25, -0.2) is 8.78 Å². The fourth-order valence-corrected chi connectivity index (χ4v) is 2.11. The van der Waals surface area contributed by atoms with E-state index >= 15 is 0 Å². The van der Waals surface area contributed by atoms with E-state index in [2.05, 4.69) is 0 Å². The Kier molecular flexibility index (Phi) is 4.46. The summed E-state index contributed by atoms with van der Waals surface area (Å²) in [7, 11) is 0. The van der Waals surface area contributed by atoms with E-state index in [0.717, 1.165) is 6.07 Å². The summed E-state index contributed by atoms with van der Waals surface area (Å²) in [6.45, 7) is 0.263. The van der Waals surface area contributed by atoms with Gasteiger partial charge in [0.2, 0.25) is 5.91 Å². The van der Waals surface area contributed by atoms with E-state index in [9.17, 15) is 26.7 Å². The second-order valence-corrected chi connectivity index (χ2v) is 4.68. The molecule has 0 aliphatic carbocycles. The standard InChI is InChI=1S/C13H12F5NO2/c14-8-2-1-3-9(15)10(8)11(13(16,17)18)19-12(20)7-4-5-21-6-7/h1-3,7,11H,4-6H2,(H,19,20)/t7-,11+/m0/s1. The normalized spacial score (nSPS) is 20.3. The van der Waals surface area contributed by atoms with Crippen molar-refractivity contribution < 1.29 is 31.5 Å². The number of rotatable bonds is 3. The van der Waals surface area contributed by atoms with Crippen LogP contribution in [0.5, 0.6) is 0 Å². The predicted octanol–water partition coefficient (Wildman–Crippen LogP) is 2.72. The molecule has 1 heterocycles. The summed E-state index contributed by atoms with van der Waals surface area (Å²) in [5.74, 6) is -4.40. The van der Waals surface area contributed by atoms with Crippen LogP contribution in [0.4, 0.5) is 22.0 Å². The Hall–Kier alpha value is -1.70. The lowest BCUT2D eigenvalue weighted by Crippen LogP contribution is -2.42. The molecule has 1 amide bonds. The Morgan fingerprint density at radius 2 is 1.90 bits per heavy atom. The summed E-state index contributed by atoms with van der Waals surface area (Å²) in [6.07, 6.45) is -4.74. The van der Waals surface area contributed by atoms with E-state index in [1.807, 2.05) is 0 Å². The molecule has 1 aliphatic heterocycles. The lowest BCUT2D eigenvalue weighted by atomic mass is 10.0. The van der Waals surface area contributed by atoms with Crippen molar-refractivity contribution in [1.82, 2.24) is 5.32 Å². The topological polar surface area (TPSA) is 38.3 Å². The fourth-order valence-electron chi connectivity index (χ4n) is 2.11. The lowest BCUT2D eigenvalue weighted by molar-refractivity contribution is -0.165. The van der Waals surface area contributed by atoms with E-state index in [1.165, 1.54) is 0 Å². The maximum atomic E-state index is 13.5. The maximum Gasteiger partial charge on any atom is 0.413 e. The van der Waals surface area contributed by atoms with Gasteiger partial charge in [0, 0.05) is 6.61 Å². The lowest BCUT2D eigenvalue weighted by Gasteiger charge is -2.24. The molecule has 1 saturated heterocycles. The monoisotopic (exact) mass is 309 g/mol. The minimum atomic E-state index is -5.02. The first kappa shape index (κ1) is 15.7. The first-order chi connectivity index (χ1) is 9.80. The number of carbonyl (C=O) groups excluding carboxylic acids is 1. The number of halogens is 5. The van der Waals surface area contributed by atoms with Crippen molar-refractivity contribution in [2.45, 2.75) is 18.6 Å². The number of alkyl halides is 3. The largest absolute Gasteiger partial charge is 0.413 e. The number of nitrogens with one attached hydrogen (secondary N) is 1. The molecule has 1 fully saturated rings. The molecule has 116 valence electrons. The number of hydrogen-bond donors (Lipinski definition) is 1. The van der Waals surface area contributed by atoms with Crippen LogP contribution in [0.15, 0.2) is 18.2 Å². The molecule has 0 radical (unpaired) electrons. The van der Waals surface area contributed by atoms with E-state index in [0.29, 0.717) is 12.1 Å². The van der Waals surface area contributed by atoms with Crippen LogP contribution in [0, 0.1) is 17.6 Å². The molecule has 3 nitrogen and oxygen atoms in total. The number of hydrogen-bond acceptors (Lipinski definition) is 2. The molecule has 1 aromatic rings. The van der Waals surface area contributed by atoms with Crippen molar-refractivity contribution >= 4 is 5.91 Å². The Morgan fingerprint density at radius 3 is 2.38 bits per heavy atom. The number of amides is 1. The van der Waals surface area contributed by atoms with Crippen LogP contribution in [0.25, 0.3) is 0 Å². The van der Waals surface area contributed by atoms with E-state index in [4.69, 9.17) is 4.74 Å². The summed E-state index contributed by atoms with van der Waals surface area (Å²) in [5.41, 5.74) is -1.21. The van der Waals surface area contributed by atoms with Crippen molar-refractivity contribution in [3.05, 3.63) is 35.4 Å². The molecule has 2 atom stereocenters. The zero-order valence-corrected chi connectivity index (χ0v) is 10.7.